The van der Waals surface area contributed by atoms with E-state index in [4.69, 9.17) is 5.11 Å². The Hall–Kier alpha value is -2.62. The van der Waals surface area contributed by atoms with Gasteiger partial charge in [-0.1, -0.05) is 24.3 Å². The predicted octanol–water partition coefficient (Wildman–Crippen LogP) is 2.78. The van der Waals surface area contributed by atoms with Crippen molar-refractivity contribution < 1.29 is 14.7 Å². The van der Waals surface area contributed by atoms with Crippen LogP contribution in [0.1, 0.15) is 27.0 Å². The summed E-state index contributed by atoms with van der Waals surface area (Å²) < 4.78 is 0. The van der Waals surface area contributed by atoms with Crippen LogP contribution in [0.25, 0.3) is 0 Å². The van der Waals surface area contributed by atoms with Crippen LogP contribution in [0.15, 0.2) is 42.5 Å². The minimum absolute atomic E-state index is 0.000283. The first kappa shape index (κ1) is 13.4. The maximum absolute atomic E-state index is 12.4. The maximum atomic E-state index is 12.4. The van der Waals surface area contributed by atoms with Gasteiger partial charge in [0.1, 0.15) is 0 Å². The molecule has 2 aromatic rings. The van der Waals surface area contributed by atoms with Crippen LogP contribution in [0.3, 0.4) is 0 Å². The second-order valence-corrected chi connectivity index (χ2v) is 5.23. The molecule has 0 bridgehead atoms. The molecule has 106 valence electrons. The number of benzene rings is 2. The number of hydrogen-bond acceptors (Lipinski definition) is 2. The van der Waals surface area contributed by atoms with E-state index < -0.39 is 5.97 Å². The molecule has 0 saturated heterocycles. The molecular weight excluding hydrogens is 266 g/mol. The molecule has 21 heavy (non-hydrogen) atoms. The smallest absolute Gasteiger partial charge is 0.307 e. The summed E-state index contributed by atoms with van der Waals surface area (Å²) in [6.07, 6.45) is 0.000283. The van der Waals surface area contributed by atoms with E-state index in [0.29, 0.717) is 6.54 Å². The van der Waals surface area contributed by atoms with Crippen molar-refractivity contribution in [2.75, 3.05) is 4.90 Å². The van der Waals surface area contributed by atoms with Gasteiger partial charge < -0.3 is 10.0 Å². The lowest BCUT2D eigenvalue weighted by Crippen LogP contribution is -2.23. The van der Waals surface area contributed by atoms with Crippen molar-refractivity contribution in [1.29, 1.82) is 0 Å². The summed E-state index contributed by atoms with van der Waals surface area (Å²) in [6.45, 7) is 2.43. The molecule has 1 amide bonds. The lowest BCUT2D eigenvalue weighted by Gasteiger charge is -2.17. The summed E-state index contributed by atoms with van der Waals surface area (Å²) in [5.74, 6) is -0.855. The highest BCUT2D eigenvalue weighted by atomic mass is 16.4. The van der Waals surface area contributed by atoms with E-state index in [1.165, 1.54) is 0 Å². The molecule has 4 nitrogen and oxygen atoms in total. The van der Waals surface area contributed by atoms with Crippen LogP contribution in [0.5, 0.6) is 0 Å². The Labute approximate surface area is 122 Å². The standard InChI is InChI=1S/C17H15NO3/c1-11-8-14(7-6-12(11)9-16(19)20)18-10-13-4-2-3-5-15(13)17(18)21/h2-8H,9-10H2,1H3,(H,19,20). The fraction of sp³-hybridized carbons (Fsp3) is 0.176. The van der Waals surface area contributed by atoms with Crippen LogP contribution >= 0.6 is 0 Å². The number of amides is 1. The third-order valence-electron chi connectivity index (χ3n) is 3.80. The van der Waals surface area contributed by atoms with Gasteiger partial charge in [0.2, 0.25) is 0 Å². The second kappa shape index (κ2) is 5.05. The summed E-state index contributed by atoms with van der Waals surface area (Å²) >= 11 is 0. The quantitative estimate of drug-likeness (QED) is 0.941. The van der Waals surface area contributed by atoms with E-state index in [1.54, 1.807) is 11.0 Å². The van der Waals surface area contributed by atoms with Crippen LogP contribution in [-0.4, -0.2) is 17.0 Å². The SMILES string of the molecule is Cc1cc(N2Cc3ccccc3C2=O)ccc1CC(=O)O. The van der Waals surface area contributed by atoms with Crippen molar-refractivity contribution in [3.63, 3.8) is 0 Å². The average molecular weight is 281 g/mol. The van der Waals surface area contributed by atoms with E-state index in [9.17, 15) is 9.59 Å². The highest BCUT2D eigenvalue weighted by Gasteiger charge is 2.28. The summed E-state index contributed by atoms with van der Waals surface area (Å²) in [5, 5.41) is 8.87. The number of aliphatic carboxylic acids is 1. The number of carboxylic acid groups (broad SMARTS) is 1. The molecule has 3 rings (SSSR count). The Morgan fingerprint density at radius 1 is 1.24 bits per heavy atom. The van der Waals surface area contributed by atoms with Crippen molar-refractivity contribution in [2.24, 2.45) is 0 Å². The highest BCUT2D eigenvalue weighted by molar-refractivity contribution is 6.10. The van der Waals surface area contributed by atoms with E-state index in [2.05, 4.69) is 0 Å². The molecule has 0 saturated carbocycles. The molecule has 1 aliphatic heterocycles. The number of aryl methyl sites for hydroxylation is 1. The first-order valence-corrected chi connectivity index (χ1v) is 6.77. The minimum atomic E-state index is -0.851. The van der Waals surface area contributed by atoms with Gasteiger partial charge in [0.05, 0.1) is 13.0 Å². The van der Waals surface area contributed by atoms with Crippen molar-refractivity contribution >= 4 is 17.6 Å². The third kappa shape index (κ3) is 2.40. The molecule has 0 atom stereocenters. The first-order valence-electron chi connectivity index (χ1n) is 6.77. The van der Waals surface area contributed by atoms with Gasteiger partial charge in [0, 0.05) is 11.3 Å². The number of hydrogen-bond donors (Lipinski definition) is 1. The Bertz CT molecular complexity index is 737. The van der Waals surface area contributed by atoms with E-state index in [-0.39, 0.29) is 12.3 Å². The summed E-state index contributed by atoms with van der Waals surface area (Å²) in [5.41, 5.74) is 4.23. The zero-order chi connectivity index (χ0) is 15.0. The zero-order valence-electron chi connectivity index (χ0n) is 11.7. The molecule has 0 aromatic heterocycles. The number of nitrogens with zero attached hydrogens (tertiary/aromatic N) is 1. The molecule has 0 radical (unpaired) electrons. The topological polar surface area (TPSA) is 57.6 Å². The number of carboxylic acids is 1. The molecule has 0 aliphatic carbocycles. The Morgan fingerprint density at radius 2 is 2.00 bits per heavy atom. The van der Waals surface area contributed by atoms with Crippen molar-refractivity contribution in [3.05, 3.63) is 64.7 Å². The fourth-order valence-corrected chi connectivity index (χ4v) is 2.67. The second-order valence-electron chi connectivity index (χ2n) is 5.23. The first-order chi connectivity index (χ1) is 10.1. The normalized spacial score (nSPS) is 13.4. The Kier molecular flexibility index (Phi) is 3.22. The molecule has 4 heteroatoms. The maximum Gasteiger partial charge on any atom is 0.307 e. The van der Waals surface area contributed by atoms with E-state index >= 15 is 0 Å². The van der Waals surface area contributed by atoms with Crippen molar-refractivity contribution in [3.8, 4) is 0 Å². The zero-order valence-corrected chi connectivity index (χ0v) is 11.7. The molecular formula is C17H15NO3. The summed E-state index contributed by atoms with van der Waals surface area (Å²) in [7, 11) is 0. The van der Waals surface area contributed by atoms with Crippen molar-refractivity contribution in [2.45, 2.75) is 19.9 Å². The van der Waals surface area contributed by atoms with Crippen LogP contribution in [-0.2, 0) is 17.8 Å². The number of carbonyl (C=O) groups is 2. The lowest BCUT2D eigenvalue weighted by atomic mass is 10.0. The number of anilines is 1. The number of fused-ring (bicyclic) bond motifs is 1. The molecule has 1 heterocycles. The summed E-state index contributed by atoms with van der Waals surface area (Å²) in [4.78, 5) is 24.9. The molecule has 0 unspecified atom stereocenters. The summed E-state index contributed by atoms with van der Waals surface area (Å²) in [6, 6.07) is 13.1. The van der Waals surface area contributed by atoms with Gasteiger partial charge in [-0.3, -0.25) is 9.59 Å². The van der Waals surface area contributed by atoms with Gasteiger partial charge in [-0.2, -0.15) is 0 Å². The van der Waals surface area contributed by atoms with Gasteiger partial charge in [0.15, 0.2) is 0 Å². The minimum Gasteiger partial charge on any atom is -0.481 e. The van der Waals surface area contributed by atoms with E-state index in [1.807, 2.05) is 43.3 Å². The van der Waals surface area contributed by atoms with Gasteiger partial charge in [0.25, 0.3) is 5.91 Å². The lowest BCUT2D eigenvalue weighted by molar-refractivity contribution is -0.136. The van der Waals surface area contributed by atoms with Crippen LogP contribution in [0.4, 0.5) is 5.69 Å². The molecule has 2 aromatic carbocycles. The Morgan fingerprint density at radius 3 is 2.67 bits per heavy atom. The largest absolute Gasteiger partial charge is 0.481 e. The van der Waals surface area contributed by atoms with Gasteiger partial charge in [-0.15, -0.1) is 0 Å². The van der Waals surface area contributed by atoms with Crippen LogP contribution in [0.2, 0.25) is 0 Å². The molecule has 0 fully saturated rings. The monoisotopic (exact) mass is 281 g/mol. The van der Waals surface area contributed by atoms with E-state index in [0.717, 1.165) is 27.9 Å². The van der Waals surface area contributed by atoms with Gasteiger partial charge >= 0.3 is 5.97 Å². The molecule has 0 spiro atoms. The van der Waals surface area contributed by atoms with Crippen molar-refractivity contribution in [1.82, 2.24) is 0 Å². The molecule has 1 aliphatic rings. The highest BCUT2D eigenvalue weighted by Crippen LogP contribution is 2.29. The van der Waals surface area contributed by atoms with Crippen LogP contribution in [0, 0.1) is 6.92 Å². The molecule has 1 N–H and O–H groups in total. The van der Waals surface area contributed by atoms with Gasteiger partial charge in [-0.05, 0) is 41.8 Å². The Balaban J connectivity index is 1.91. The fourth-order valence-electron chi connectivity index (χ4n) is 2.67. The number of rotatable bonds is 3. The predicted molar refractivity (Wildman–Crippen MR) is 79.5 cm³/mol. The van der Waals surface area contributed by atoms with Crippen LogP contribution < -0.4 is 4.90 Å². The third-order valence-corrected chi connectivity index (χ3v) is 3.80. The number of carbonyl (C=O) groups excluding carboxylic acids is 1. The van der Waals surface area contributed by atoms with Gasteiger partial charge in [-0.25, -0.2) is 0 Å². The average Bonchev–Trinajstić information content (AvgIpc) is 2.79.